The average molecular weight is 702 g/mol. The molecular weight excluding hydrogens is 667 g/mol. The Bertz CT molecular complexity index is 2030. The van der Waals surface area contributed by atoms with Gasteiger partial charge in [-0.15, -0.1) is 0 Å². The topological polar surface area (TPSA) is 104 Å². The number of anilines is 1. The number of hydrogen-bond acceptors (Lipinski definition) is 7. The number of ether oxygens (including phenoxy) is 3. The lowest BCUT2D eigenvalue weighted by Gasteiger charge is -2.18. The summed E-state index contributed by atoms with van der Waals surface area (Å²) in [6.07, 6.45) is 1.47. The van der Waals surface area contributed by atoms with E-state index in [1.54, 1.807) is 30.3 Å². The fraction of sp³-hybridized carbons (Fsp3) is 0.222. The number of nitrogens with zero attached hydrogens (tertiary/aromatic N) is 3. The predicted octanol–water partition coefficient (Wildman–Crippen LogP) is 7.70. The number of carbonyl (C=O) groups excluding carboxylic acids is 1. The van der Waals surface area contributed by atoms with Gasteiger partial charge in [-0.05, 0) is 91.6 Å². The molecule has 0 aliphatic heterocycles. The van der Waals surface area contributed by atoms with Crippen LogP contribution in [0.4, 0.5) is 10.1 Å². The Morgan fingerprint density at radius 1 is 1.06 bits per heavy atom. The molecule has 9 nitrogen and oxygen atoms in total. The Balaban J connectivity index is 1.59. The molecular formula is C36H34BrFN4O5. The normalized spacial score (nSPS) is 11.3. The molecule has 242 valence electrons. The summed E-state index contributed by atoms with van der Waals surface area (Å²) in [6.45, 7) is 8.20. The molecule has 1 N–H and O–H groups in total. The van der Waals surface area contributed by atoms with Gasteiger partial charge >= 0.3 is 0 Å². The van der Waals surface area contributed by atoms with Gasteiger partial charge in [-0.1, -0.05) is 41.9 Å². The molecule has 0 bridgehead atoms. The van der Waals surface area contributed by atoms with E-state index in [9.17, 15) is 14.0 Å². The zero-order chi connectivity index (χ0) is 33.7. The molecule has 5 aromatic rings. The van der Waals surface area contributed by atoms with Gasteiger partial charge < -0.3 is 19.5 Å². The molecule has 5 rings (SSSR count). The van der Waals surface area contributed by atoms with Gasteiger partial charge in [-0.25, -0.2) is 9.37 Å². The van der Waals surface area contributed by atoms with Gasteiger partial charge in [-0.3, -0.25) is 9.59 Å². The van der Waals surface area contributed by atoms with Crippen molar-refractivity contribution in [3.8, 4) is 28.6 Å². The van der Waals surface area contributed by atoms with E-state index in [1.807, 2.05) is 32.0 Å². The maximum atomic E-state index is 14.0. The van der Waals surface area contributed by atoms with Crippen LogP contribution in [0.15, 0.2) is 87.2 Å². The van der Waals surface area contributed by atoms with E-state index in [0.717, 1.165) is 22.4 Å². The quantitative estimate of drug-likeness (QED) is 0.142. The summed E-state index contributed by atoms with van der Waals surface area (Å²) in [5.41, 5.74) is 3.62. The van der Waals surface area contributed by atoms with E-state index < -0.39 is 11.7 Å². The number of nitrogens with one attached hydrogen (secondary N) is 1. The van der Waals surface area contributed by atoms with Crippen molar-refractivity contribution in [1.82, 2.24) is 9.66 Å². The molecule has 0 saturated heterocycles. The van der Waals surface area contributed by atoms with Crippen molar-refractivity contribution in [3.63, 3.8) is 0 Å². The number of hydrogen-bond donors (Lipinski definition) is 1. The highest BCUT2D eigenvalue weighted by atomic mass is 79.9. The first-order valence-corrected chi connectivity index (χ1v) is 15.8. The van der Waals surface area contributed by atoms with Crippen molar-refractivity contribution in [2.75, 3.05) is 25.6 Å². The summed E-state index contributed by atoms with van der Waals surface area (Å²) in [6, 6.07) is 19.9. The van der Waals surface area contributed by atoms with Crippen LogP contribution >= 0.6 is 15.9 Å². The van der Waals surface area contributed by atoms with Gasteiger partial charge in [0.2, 0.25) is 0 Å². The van der Waals surface area contributed by atoms with Crippen molar-refractivity contribution >= 4 is 44.6 Å². The Morgan fingerprint density at radius 3 is 2.51 bits per heavy atom. The minimum Gasteiger partial charge on any atom is -0.494 e. The fourth-order valence-electron chi connectivity index (χ4n) is 5.05. The SMILES string of the molecule is CCOc1cc(C)c(-c2nc3ccccc3c(=O)n2N=Cc2cc(Br)cc(OC)c2OCC(=O)Nc2ccc(F)cc2)cc1C(C)C. The van der Waals surface area contributed by atoms with Gasteiger partial charge in [0, 0.05) is 21.3 Å². The van der Waals surface area contributed by atoms with Crippen molar-refractivity contribution in [2.24, 2.45) is 5.10 Å². The lowest BCUT2D eigenvalue weighted by Crippen LogP contribution is -2.21. The van der Waals surface area contributed by atoms with E-state index in [0.29, 0.717) is 44.8 Å². The largest absolute Gasteiger partial charge is 0.494 e. The Morgan fingerprint density at radius 2 is 1.81 bits per heavy atom. The molecule has 1 aromatic heterocycles. The second-order valence-electron chi connectivity index (χ2n) is 11.0. The van der Waals surface area contributed by atoms with E-state index in [1.165, 1.54) is 42.3 Å². The molecule has 0 radical (unpaired) electrons. The number of aryl methyl sites for hydroxylation is 1. The summed E-state index contributed by atoms with van der Waals surface area (Å²) in [7, 11) is 1.48. The summed E-state index contributed by atoms with van der Waals surface area (Å²) in [5, 5.41) is 7.72. The number of benzene rings is 4. The van der Waals surface area contributed by atoms with Crippen LogP contribution in [0.1, 0.15) is 43.4 Å². The zero-order valence-corrected chi connectivity index (χ0v) is 28.2. The van der Waals surface area contributed by atoms with Crippen LogP contribution in [0.2, 0.25) is 0 Å². The molecule has 47 heavy (non-hydrogen) atoms. The highest BCUT2D eigenvalue weighted by molar-refractivity contribution is 9.10. The number of methoxy groups -OCH3 is 1. The van der Waals surface area contributed by atoms with Crippen LogP contribution in [0, 0.1) is 12.7 Å². The second-order valence-corrected chi connectivity index (χ2v) is 11.9. The molecule has 0 atom stereocenters. The third kappa shape index (κ3) is 7.52. The second kappa shape index (κ2) is 14.6. The molecule has 0 saturated carbocycles. The van der Waals surface area contributed by atoms with Gasteiger partial charge in [-0.2, -0.15) is 9.78 Å². The number of rotatable bonds is 11. The number of amides is 1. The molecule has 0 unspecified atom stereocenters. The predicted molar refractivity (Wildman–Crippen MR) is 186 cm³/mol. The van der Waals surface area contributed by atoms with Crippen molar-refractivity contribution in [2.45, 2.75) is 33.6 Å². The smallest absolute Gasteiger partial charge is 0.282 e. The van der Waals surface area contributed by atoms with Crippen molar-refractivity contribution in [1.29, 1.82) is 0 Å². The standard InChI is InChI=1S/C36H34BrFN4O5/c1-6-46-31-15-22(4)29(18-28(31)21(2)3)35-41-30-10-8-7-9-27(30)36(44)42(35)39-19-23-16-24(37)17-32(45-5)34(23)47-20-33(43)40-26-13-11-25(38)12-14-26/h7-19,21H,6,20H2,1-5H3,(H,40,43). The molecule has 4 aromatic carbocycles. The van der Waals surface area contributed by atoms with E-state index in [-0.39, 0.29) is 23.8 Å². The third-order valence-electron chi connectivity index (χ3n) is 7.33. The number of para-hydroxylation sites is 1. The summed E-state index contributed by atoms with van der Waals surface area (Å²) >= 11 is 3.49. The first kappa shape index (κ1) is 33.3. The minimum absolute atomic E-state index is 0.147. The molecule has 11 heteroatoms. The highest BCUT2D eigenvalue weighted by Gasteiger charge is 2.20. The number of halogens is 2. The molecule has 1 heterocycles. The van der Waals surface area contributed by atoms with E-state index in [2.05, 4.69) is 40.2 Å². The zero-order valence-electron chi connectivity index (χ0n) is 26.6. The maximum Gasteiger partial charge on any atom is 0.282 e. The first-order valence-electron chi connectivity index (χ1n) is 15.0. The van der Waals surface area contributed by atoms with Crippen LogP contribution in [-0.4, -0.2) is 42.1 Å². The molecule has 0 aliphatic rings. The van der Waals surface area contributed by atoms with Gasteiger partial charge in [0.1, 0.15) is 11.6 Å². The monoisotopic (exact) mass is 700 g/mol. The van der Waals surface area contributed by atoms with Gasteiger partial charge in [0.25, 0.3) is 11.5 Å². The molecule has 1 amide bonds. The molecule has 0 aliphatic carbocycles. The van der Waals surface area contributed by atoms with E-state index in [4.69, 9.17) is 19.2 Å². The number of carbonyl (C=O) groups is 1. The molecule has 0 spiro atoms. The fourth-order valence-corrected chi connectivity index (χ4v) is 5.51. The van der Waals surface area contributed by atoms with Crippen LogP contribution < -0.4 is 25.1 Å². The van der Waals surface area contributed by atoms with Crippen LogP contribution in [0.25, 0.3) is 22.3 Å². The van der Waals surface area contributed by atoms with Crippen LogP contribution in [-0.2, 0) is 4.79 Å². The van der Waals surface area contributed by atoms with Gasteiger partial charge in [0.15, 0.2) is 23.9 Å². The third-order valence-corrected chi connectivity index (χ3v) is 7.79. The Labute approximate surface area is 280 Å². The van der Waals surface area contributed by atoms with Crippen LogP contribution in [0.3, 0.4) is 0 Å². The Kier molecular flexibility index (Phi) is 10.4. The van der Waals surface area contributed by atoms with Crippen molar-refractivity contribution in [3.05, 3.63) is 110 Å². The minimum atomic E-state index is -0.464. The van der Waals surface area contributed by atoms with Gasteiger partial charge in [0.05, 0.1) is 30.8 Å². The maximum absolute atomic E-state index is 14.0. The lowest BCUT2D eigenvalue weighted by molar-refractivity contribution is -0.118. The van der Waals surface area contributed by atoms with Crippen LogP contribution in [0.5, 0.6) is 17.2 Å². The Hall–Kier alpha value is -5.03. The molecule has 0 fully saturated rings. The summed E-state index contributed by atoms with van der Waals surface area (Å²) in [4.78, 5) is 31.6. The summed E-state index contributed by atoms with van der Waals surface area (Å²) < 4.78 is 32.6. The number of aromatic nitrogens is 2. The average Bonchev–Trinajstić information content (AvgIpc) is 3.04. The van der Waals surface area contributed by atoms with Crippen molar-refractivity contribution < 1.29 is 23.4 Å². The first-order chi connectivity index (χ1) is 22.6. The highest BCUT2D eigenvalue weighted by Crippen LogP contribution is 2.36. The summed E-state index contributed by atoms with van der Waals surface area (Å²) in [5.74, 6) is 0.983. The van der Waals surface area contributed by atoms with E-state index >= 15 is 0 Å². The lowest BCUT2D eigenvalue weighted by atomic mass is 9.96. The number of fused-ring (bicyclic) bond motifs is 1.